The molecular formula is C4H7FN2. The van der Waals surface area contributed by atoms with E-state index in [1.165, 1.54) is 0 Å². The van der Waals surface area contributed by atoms with E-state index in [0.717, 1.165) is 6.21 Å². The van der Waals surface area contributed by atoms with Crippen LogP contribution in [-0.4, -0.2) is 18.6 Å². The highest BCUT2D eigenvalue weighted by molar-refractivity contribution is 5.66. The molecule has 0 radical (unpaired) electrons. The maximum Gasteiger partial charge on any atom is 0.139 e. The first-order chi connectivity index (χ1) is 3.31. The predicted molar refractivity (Wildman–Crippen MR) is 27.1 cm³/mol. The van der Waals surface area contributed by atoms with E-state index in [1.807, 2.05) is 0 Å². The third kappa shape index (κ3) is 3.09. The second kappa shape index (κ2) is 3.46. The van der Waals surface area contributed by atoms with Crippen molar-refractivity contribution < 1.29 is 4.39 Å². The van der Waals surface area contributed by atoms with Crippen LogP contribution in [0.25, 0.3) is 0 Å². The Morgan fingerprint density at radius 3 is 2.29 bits per heavy atom. The van der Waals surface area contributed by atoms with Crippen LogP contribution < -0.4 is 0 Å². The number of hydrogen-bond acceptors (Lipinski definition) is 2. The Morgan fingerprint density at radius 1 is 1.57 bits per heavy atom. The Hall–Kier alpha value is -0.730. The van der Waals surface area contributed by atoms with E-state index in [2.05, 4.69) is 0 Å². The lowest BCUT2D eigenvalue weighted by Gasteiger charge is -1.88. The number of hydrogen-bond donors (Lipinski definition) is 2. The van der Waals surface area contributed by atoms with E-state index in [9.17, 15) is 4.39 Å². The summed E-state index contributed by atoms with van der Waals surface area (Å²) in [4.78, 5) is 0. The lowest BCUT2D eigenvalue weighted by atomic mass is 10.3. The van der Waals surface area contributed by atoms with Crippen molar-refractivity contribution in [2.24, 2.45) is 0 Å². The van der Waals surface area contributed by atoms with E-state index >= 15 is 0 Å². The lowest BCUT2D eigenvalue weighted by molar-refractivity contribution is 0.443. The van der Waals surface area contributed by atoms with Gasteiger partial charge in [0, 0.05) is 12.6 Å². The zero-order valence-electron chi connectivity index (χ0n) is 3.82. The molecule has 2 nitrogen and oxygen atoms in total. The smallest absolute Gasteiger partial charge is 0.139 e. The quantitative estimate of drug-likeness (QED) is 0.500. The molecule has 0 aliphatic rings. The summed E-state index contributed by atoms with van der Waals surface area (Å²) in [5.41, 5.74) is 0. The molecule has 0 aromatic rings. The van der Waals surface area contributed by atoms with Crippen molar-refractivity contribution in [2.75, 3.05) is 0 Å². The zero-order chi connectivity index (χ0) is 5.70. The van der Waals surface area contributed by atoms with Gasteiger partial charge in [-0.25, -0.2) is 4.39 Å². The molecule has 1 atom stereocenters. The van der Waals surface area contributed by atoms with E-state index in [4.69, 9.17) is 10.8 Å². The minimum atomic E-state index is -1.25. The van der Waals surface area contributed by atoms with Crippen LogP contribution in [0.15, 0.2) is 0 Å². The average molecular weight is 102 g/mol. The summed E-state index contributed by atoms with van der Waals surface area (Å²) in [6, 6.07) is 0. The lowest BCUT2D eigenvalue weighted by Crippen LogP contribution is -1.99. The van der Waals surface area contributed by atoms with Gasteiger partial charge in [-0.05, 0) is 6.21 Å². The van der Waals surface area contributed by atoms with Crippen molar-refractivity contribution in [3.8, 4) is 0 Å². The molecule has 0 fully saturated rings. The molecule has 0 amide bonds. The van der Waals surface area contributed by atoms with Crippen LogP contribution in [0.4, 0.5) is 4.39 Å². The van der Waals surface area contributed by atoms with Crippen molar-refractivity contribution >= 4 is 12.4 Å². The van der Waals surface area contributed by atoms with E-state index in [0.29, 0.717) is 6.21 Å². The predicted octanol–water partition coefficient (Wildman–Crippen LogP) is 1.01. The first kappa shape index (κ1) is 6.27. The Labute approximate surface area is 41.4 Å². The summed E-state index contributed by atoms with van der Waals surface area (Å²) in [6.45, 7) is 0. The highest BCUT2D eigenvalue weighted by Gasteiger charge is 1.94. The van der Waals surface area contributed by atoms with Crippen molar-refractivity contribution in [1.82, 2.24) is 0 Å². The number of rotatable bonds is 3. The molecule has 7 heavy (non-hydrogen) atoms. The van der Waals surface area contributed by atoms with Crippen LogP contribution in [0.1, 0.15) is 6.42 Å². The topological polar surface area (TPSA) is 47.7 Å². The third-order valence-electron chi connectivity index (χ3n) is 0.524. The maximum absolute atomic E-state index is 11.7. The first-order valence-electron chi connectivity index (χ1n) is 1.95. The highest BCUT2D eigenvalue weighted by atomic mass is 19.1. The van der Waals surface area contributed by atoms with Crippen LogP contribution in [0.5, 0.6) is 0 Å². The van der Waals surface area contributed by atoms with Crippen molar-refractivity contribution in [3.63, 3.8) is 0 Å². The van der Waals surface area contributed by atoms with E-state index in [-0.39, 0.29) is 6.42 Å². The molecule has 2 N–H and O–H groups in total. The summed E-state index contributed by atoms with van der Waals surface area (Å²) in [5.74, 6) is 0. The first-order valence-corrected chi connectivity index (χ1v) is 1.95. The summed E-state index contributed by atoms with van der Waals surface area (Å²) in [6.07, 6.45) is 0.419. The summed E-state index contributed by atoms with van der Waals surface area (Å²) >= 11 is 0. The molecule has 3 heteroatoms. The monoisotopic (exact) mass is 102 g/mol. The minimum absolute atomic E-state index is 0.0312. The van der Waals surface area contributed by atoms with Gasteiger partial charge in [0.2, 0.25) is 0 Å². The van der Waals surface area contributed by atoms with Gasteiger partial charge in [0.05, 0.1) is 0 Å². The van der Waals surface area contributed by atoms with Gasteiger partial charge in [0.1, 0.15) is 6.17 Å². The van der Waals surface area contributed by atoms with E-state index in [1.54, 1.807) is 0 Å². The molecule has 0 bridgehead atoms. The van der Waals surface area contributed by atoms with Gasteiger partial charge in [0.25, 0.3) is 0 Å². The summed E-state index contributed by atoms with van der Waals surface area (Å²) in [7, 11) is 0. The molecule has 0 aliphatic heterocycles. The normalized spacial score (nSPS) is 12.7. The molecule has 0 saturated heterocycles. The van der Waals surface area contributed by atoms with Gasteiger partial charge in [-0.15, -0.1) is 0 Å². The number of nitrogens with one attached hydrogen (secondary N) is 2. The molecule has 0 aromatic heterocycles. The van der Waals surface area contributed by atoms with Crippen LogP contribution in [-0.2, 0) is 0 Å². The molecule has 1 unspecified atom stereocenters. The second-order valence-corrected chi connectivity index (χ2v) is 1.12. The van der Waals surface area contributed by atoms with Gasteiger partial charge in [-0.1, -0.05) is 0 Å². The van der Waals surface area contributed by atoms with Gasteiger partial charge in [-0.2, -0.15) is 0 Å². The number of halogens is 1. The van der Waals surface area contributed by atoms with Crippen LogP contribution in [0.3, 0.4) is 0 Å². The Bertz CT molecular complexity index is 72.1. The van der Waals surface area contributed by atoms with Gasteiger partial charge < -0.3 is 10.8 Å². The van der Waals surface area contributed by atoms with Crippen LogP contribution in [0.2, 0.25) is 0 Å². The summed E-state index contributed by atoms with van der Waals surface area (Å²) < 4.78 is 11.7. The Kier molecular flexibility index (Phi) is 3.10. The fraction of sp³-hybridized carbons (Fsp3) is 0.500. The SMILES string of the molecule is N=CCC(F)C=N. The number of alkyl halides is 1. The van der Waals surface area contributed by atoms with E-state index < -0.39 is 6.17 Å². The molecule has 0 rings (SSSR count). The molecule has 40 valence electrons. The maximum atomic E-state index is 11.7. The van der Waals surface area contributed by atoms with Crippen molar-refractivity contribution in [3.05, 3.63) is 0 Å². The fourth-order valence-corrected chi connectivity index (χ4v) is 0.181. The molecule has 0 aromatic carbocycles. The fourth-order valence-electron chi connectivity index (χ4n) is 0.181. The van der Waals surface area contributed by atoms with Crippen LogP contribution in [0, 0.1) is 10.8 Å². The average Bonchev–Trinajstić information content (AvgIpc) is 1.68. The Balaban J connectivity index is 3.15. The summed E-state index contributed by atoms with van der Waals surface area (Å²) in [5, 5.41) is 12.7. The second-order valence-electron chi connectivity index (χ2n) is 1.12. The largest absolute Gasteiger partial charge is 0.313 e. The van der Waals surface area contributed by atoms with Gasteiger partial charge in [-0.3, -0.25) is 0 Å². The molecule has 0 spiro atoms. The minimum Gasteiger partial charge on any atom is -0.313 e. The highest BCUT2D eigenvalue weighted by Crippen LogP contribution is 1.87. The Morgan fingerprint density at radius 2 is 2.14 bits per heavy atom. The molecule has 0 aliphatic carbocycles. The van der Waals surface area contributed by atoms with Gasteiger partial charge >= 0.3 is 0 Å². The molecule has 0 heterocycles. The third-order valence-corrected chi connectivity index (χ3v) is 0.524. The van der Waals surface area contributed by atoms with Gasteiger partial charge in [0.15, 0.2) is 0 Å². The van der Waals surface area contributed by atoms with Crippen LogP contribution >= 0.6 is 0 Å². The van der Waals surface area contributed by atoms with Crippen molar-refractivity contribution in [1.29, 1.82) is 10.8 Å². The molecular weight excluding hydrogens is 95.1 g/mol. The standard InChI is InChI=1S/C4H7FN2/c5-4(3-7)1-2-6/h2-4,6-7H,1H2. The molecule has 0 saturated carbocycles. The zero-order valence-corrected chi connectivity index (χ0v) is 3.82. The van der Waals surface area contributed by atoms with Crippen molar-refractivity contribution in [2.45, 2.75) is 12.6 Å².